The zero-order valence-electron chi connectivity index (χ0n) is 32.4. The van der Waals surface area contributed by atoms with E-state index in [2.05, 4.69) is 15.0 Å². The van der Waals surface area contributed by atoms with Crippen molar-refractivity contribution in [3.05, 3.63) is 45.2 Å². The van der Waals surface area contributed by atoms with Gasteiger partial charge < -0.3 is 24.4 Å². The number of nitrogens with one attached hydrogen (secondary N) is 1. The predicted molar refractivity (Wildman–Crippen MR) is 188 cm³/mol. The molecule has 3 amide bonds. The maximum absolute atomic E-state index is 14.2. The molecule has 1 aromatic carbocycles. The summed E-state index contributed by atoms with van der Waals surface area (Å²) in [6.45, 7) is 16.9. The van der Waals surface area contributed by atoms with Crippen molar-refractivity contribution >= 4 is 41.2 Å². The fraction of sp³-hybridized carbons (Fsp3) is 0.611. The summed E-state index contributed by atoms with van der Waals surface area (Å²) in [6.07, 6.45) is -1.48. The summed E-state index contributed by atoms with van der Waals surface area (Å²) in [7, 11) is 2.96. The Morgan fingerprint density at radius 3 is 1.87 bits per heavy atom. The van der Waals surface area contributed by atoms with Gasteiger partial charge in [-0.3, -0.25) is 19.3 Å². The number of rotatable bonds is 15. The minimum atomic E-state index is -2.43. The smallest absolute Gasteiger partial charge is 0.410 e. The number of esters is 2. The van der Waals surface area contributed by atoms with Gasteiger partial charge in [-0.2, -0.15) is 8.78 Å². The second kappa shape index (κ2) is 18.8. The molecular formula is C36H49F5N4O8S. The van der Waals surface area contributed by atoms with Crippen LogP contribution < -0.4 is 10.1 Å². The molecule has 12 nitrogen and oxygen atoms in total. The predicted octanol–water partition coefficient (Wildman–Crippen LogP) is 6.96. The summed E-state index contributed by atoms with van der Waals surface area (Å²) in [6, 6.07) is -2.71. The number of carbonyl (C=O) groups is 5. The number of benzene rings is 1. The van der Waals surface area contributed by atoms with Crippen LogP contribution in [0, 0.1) is 46.8 Å². The Morgan fingerprint density at radius 2 is 1.41 bits per heavy atom. The van der Waals surface area contributed by atoms with E-state index < -0.39 is 100 Å². The molecule has 0 saturated heterocycles. The minimum absolute atomic E-state index is 0.00204. The third-order valence-electron chi connectivity index (χ3n) is 8.52. The van der Waals surface area contributed by atoms with Gasteiger partial charge in [0.15, 0.2) is 11.8 Å². The summed E-state index contributed by atoms with van der Waals surface area (Å²) in [5.74, 6) is -18.0. The van der Waals surface area contributed by atoms with E-state index in [9.17, 15) is 45.9 Å². The molecule has 0 radical (unpaired) electrons. The number of nitrogens with zero attached hydrogens (tertiary/aromatic N) is 3. The first-order chi connectivity index (χ1) is 24.8. The van der Waals surface area contributed by atoms with Gasteiger partial charge in [0.1, 0.15) is 22.7 Å². The molecule has 0 aliphatic carbocycles. The third-order valence-corrected chi connectivity index (χ3v) is 9.46. The molecule has 5 atom stereocenters. The van der Waals surface area contributed by atoms with Gasteiger partial charge in [-0.25, -0.2) is 27.7 Å². The monoisotopic (exact) mass is 792 g/mol. The number of halogens is 5. The fourth-order valence-corrected chi connectivity index (χ4v) is 6.35. The highest BCUT2D eigenvalue weighted by atomic mass is 32.1. The maximum atomic E-state index is 14.2. The van der Waals surface area contributed by atoms with Crippen LogP contribution in [0.4, 0.5) is 26.7 Å². The Hall–Kier alpha value is -4.35. The largest absolute Gasteiger partial charge is 0.455 e. The minimum Gasteiger partial charge on any atom is -0.455 e. The van der Waals surface area contributed by atoms with E-state index in [-0.39, 0.29) is 29.2 Å². The van der Waals surface area contributed by atoms with Crippen LogP contribution in [-0.2, 0) is 23.9 Å². The molecule has 1 aromatic heterocycles. The zero-order chi connectivity index (χ0) is 41.6. The van der Waals surface area contributed by atoms with Crippen LogP contribution in [0.5, 0.6) is 5.75 Å². The maximum Gasteiger partial charge on any atom is 0.410 e. The SMILES string of the molecule is CCC(C)C(NC(=O)C(C(C)C)N(C)C(=O)OC(C)(C)C)C(=O)N(C)C(CC(OC(C)=O)c1nc(C(=O)Oc2c(F)c(F)c(F)c(F)c2F)cs1)C(C)C. The van der Waals surface area contributed by atoms with Crippen molar-refractivity contribution in [2.75, 3.05) is 14.1 Å². The van der Waals surface area contributed by atoms with Crippen molar-refractivity contribution in [2.45, 2.75) is 112 Å². The Bertz CT molecular complexity index is 1670. The molecule has 54 heavy (non-hydrogen) atoms. The Morgan fingerprint density at radius 1 is 0.870 bits per heavy atom. The van der Waals surface area contributed by atoms with Crippen LogP contribution in [0.1, 0.15) is 104 Å². The molecule has 5 unspecified atom stereocenters. The topological polar surface area (TPSA) is 144 Å². The highest BCUT2D eigenvalue weighted by Gasteiger charge is 2.39. The van der Waals surface area contributed by atoms with Crippen molar-refractivity contribution < 1.29 is 60.1 Å². The molecule has 0 aliphatic rings. The van der Waals surface area contributed by atoms with E-state index in [1.165, 1.54) is 23.9 Å². The van der Waals surface area contributed by atoms with E-state index in [4.69, 9.17) is 9.47 Å². The van der Waals surface area contributed by atoms with Gasteiger partial charge in [0.25, 0.3) is 0 Å². The molecule has 0 saturated carbocycles. The molecule has 1 N–H and O–H groups in total. The second-order valence-electron chi connectivity index (χ2n) is 14.6. The van der Waals surface area contributed by atoms with Crippen LogP contribution in [0.3, 0.4) is 0 Å². The number of hydrogen-bond donors (Lipinski definition) is 1. The second-order valence-corrected chi connectivity index (χ2v) is 15.5. The van der Waals surface area contributed by atoms with E-state index in [1.807, 2.05) is 6.92 Å². The lowest BCUT2D eigenvalue weighted by Crippen LogP contribution is -2.59. The van der Waals surface area contributed by atoms with Gasteiger partial charge in [-0.15, -0.1) is 11.3 Å². The molecule has 302 valence electrons. The molecule has 1 heterocycles. The number of carbonyl (C=O) groups excluding carboxylic acids is 5. The van der Waals surface area contributed by atoms with Crippen molar-refractivity contribution in [3.63, 3.8) is 0 Å². The third kappa shape index (κ3) is 11.3. The van der Waals surface area contributed by atoms with Crippen LogP contribution in [0.2, 0.25) is 0 Å². The van der Waals surface area contributed by atoms with Crippen molar-refractivity contribution in [1.82, 2.24) is 20.1 Å². The van der Waals surface area contributed by atoms with Crippen molar-refractivity contribution in [3.8, 4) is 5.75 Å². The normalized spacial score (nSPS) is 14.5. The number of likely N-dealkylation sites (N-methyl/N-ethyl adjacent to an activating group) is 2. The summed E-state index contributed by atoms with van der Waals surface area (Å²) in [5.41, 5.74) is -1.40. The lowest BCUT2D eigenvalue weighted by atomic mass is 9.92. The van der Waals surface area contributed by atoms with Crippen LogP contribution in [0.25, 0.3) is 0 Å². The zero-order valence-corrected chi connectivity index (χ0v) is 33.3. The van der Waals surface area contributed by atoms with Gasteiger partial charge in [0, 0.05) is 38.9 Å². The Balaban J connectivity index is 2.41. The molecule has 0 bridgehead atoms. The standard InChI is InChI=1S/C36H49F5N4O8S/c1-13-18(6)28(43-31(47)29(17(4)5)45(12)35(50)53-36(8,9)10)33(48)44(11)21(16(2)3)14-22(51-19(7)46)32-42-20(15-54-32)34(49)52-30-26(40)24(38)23(37)25(39)27(30)41/h15-18,21-22,28-29H,13-14H2,1-12H3,(H,43,47). The first-order valence-corrected chi connectivity index (χ1v) is 18.1. The number of ether oxygens (including phenoxy) is 3. The summed E-state index contributed by atoms with van der Waals surface area (Å²) in [4.78, 5) is 72.5. The highest BCUT2D eigenvalue weighted by Crippen LogP contribution is 2.33. The molecule has 0 aliphatic heterocycles. The molecule has 0 fully saturated rings. The molecular weight excluding hydrogens is 743 g/mol. The van der Waals surface area contributed by atoms with E-state index >= 15 is 0 Å². The number of aromatic nitrogens is 1. The van der Waals surface area contributed by atoms with Gasteiger partial charge in [-0.05, 0) is 38.5 Å². The number of amides is 3. The summed E-state index contributed by atoms with van der Waals surface area (Å²) < 4.78 is 84.6. The molecule has 18 heteroatoms. The average molecular weight is 793 g/mol. The first-order valence-electron chi connectivity index (χ1n) is 17.2. The lowest BCUT2D eigenvalue weighted by molar-refractivity contribution is -0.149. The molecule has 2 aromatic rings. The molecule has 2 rings (SSSR count). The quantitative estimate of drug-likeness (QED) is 0.0666. The lowest BCUT2D eigenvalue weighted by Gasteiger charge is -2.38. The van der Waals surface area contributed by atoms with E-state index in [1.54, 1.807) is 55.4 Å². The van der Waals surface area contributed by atoms with Crippen LogP contribution in [-0.4, -0.2) is 82.5 Å². The highest BCUT2D eigenvalue weighted by molar-refractivity contribution is 7.09. The van der Waals surface area contributed by atoms with Crippen LogP contribution in [0.15, 0.2) is 5.38 Å². The average Bonchev–Trinajstić information content (AvgIpc) is 3.57. The number of hydrogen-bond acceptors (Lipinski definition) is 10. The summed E-state index contributed by atoms with van der Waals surface area (Å²) in [5, 5.41) is 3.92. The summed E-state index contributed by atoms with van der Waals surface area (Å²) >= 11 is 0.779. The first kappa shape index (κ1) is 45.8. The van der Waals surface area contributed by atoms with Crippen molar-refractivity contribution in [2.24, 2.45) is 17.8 Å². The van der Waals surface area contributed by atoms with Gasteiger partial charge in [-0.1, -0.05) is 48.0 Å². The van der Waals surface area contributed by atoms with Gasteiger partial charge in [0.2, 0.25) is 46.6 Å². The fourth-order valence-electron chi connectivity index (χ4n) is 5.52. The Labute approximate surface area is 315 Å². The van der Waals surface area contributed by atoms with Gasteiger partial charge in [0.05, 0.1) is 0 Å². The van der Waals surface area contributed by atoms with E-state index in [0.717, 1.165) is 23.6 Å². The van der Waals surface area contributed by atoms with Crippen molar-refractivity contribution in [1.29, 1.82) is 0 Å². The van der Waals surface area contributed by atoms with Crippen LogP contribution >= 0.6 is 11.3 Å². The number of thiazole rings is 1. The molecule has 0 spiro atoms. The Kier molecular flexibility index (Phi) is 15.9. The van der Waals surface area contributed by atoms with Gasteiger partial charge >= 0.3 is 18.0 Å². The van der Waals surface area contributed by atoms with E-state index in [0.29, 0.717) is 6.42 Å².